The highest BCUT2D eigenvalue weighted by molar-refractivity contribution is 8.13. The van der Waals surface area contributed by atoms with Gasteiger partial charge in [0.05, 0.1) is 0 Å². The van der Waals surface area contributed by atoms with Crippen LogP contribution < -0.4 is 0 Å². The first-order chi connectivity index (χ1) is 6.83. The third kappa shape index (κ3) is 2.47. The average molecular weight is 254 g/mol. The lowest BCUT2D eigenvalue weighted by Gasteiger charge is -2.23. The molecule has 0 spiro atoms. The molecule has 0 aliphatic carbocycles. The summed E-state index contributed by atoms with van der Waals surface area (Å²) < 4.78 is 27.1. The van der Waals surface area contributed by atoms with E-state index in [9.17, 15) is 8.42 Å². The van der Waals surface area contributed by atoms with Crippen molar-refractivity contribution in [3.05, 3.63) is 5.82 Å². The van der Waals surface area contributed by atoms with Crippen LogP contribution >= 0.6 is 10.7 Å². The van der Waals surface area contributed by atoms with E-state index >= 15 is 0 Å². The molecule has 8 heteroatoms. The molecule has 0 bridgehead atoms. The number of ether oxygens (including phenoxy) is 1. The van der Waals surface area contributed by atoms with E-state index in [1.54, 1.807) is 6.92 Å². The molecule has 0 aliphatic rings. The zero-order valence-corrected chi connectivity index (χ0v) is 10.2. The van der Waals surface area contributed by atoms with Crippen LogP contribution in [0.1, 0.15) is 26.1 Å². The monoisotopic (exact) mass is 253 g/mol. The molecule has 0 radical (unpaired) electrons. The van der Waals surface area contributed by atoms with Crippen molar-refractivity contribution in [2.45, 2.75) is 31.0 Å². The summed E-state index contributed by atoms with van der Waals surface area (Å²) in [7, 11) is 2.71. The molecule has 1 N–H and O–H groups in total. The number of rotatable bonds is 4. The highest BCUT2D eigenvalue weighted by Gasteiger charge is 2.30. The lowest BCUT2D eigenvalue weighted by molar-refractivity contribution is -0.00883. The smallest absolute Gasteiger partial charge is 0.298 e. The van der Waals surface area contributed by atoms with Crippen molar-refractivity contribution in [2.75, 3.05) is 7.11 Å². The molecule has 0 aliphatic heterocycles. The van der Waals surface area contributed by atoms with E-state index < -0.39 is 19.8 Å². The average Bonchev–Trinajstić information content (AvgIpc) is 2.65. The summed E-state index contributed by atoms with van der Waals surface area (Å²) in [6.07, 6.45) is 0.625. The van der Waals surface area contributed by atoms with Crippen molar-refractivity contribution in [1.29, 1.82) is 0 Å². The van der Waals surface area contributed by atoms with Crippen LogP contribution in [0.15, 0.2) is 5.16 Å². The summed E-state index contributed by atoms with van der Waals surface area (Å²) in [5.74, 6) is 0.340. The molecule has 0 aromatic carbocycles. The second-order valence-corrected chi connectivity index (χ2v) is 5.65. The van der Waals surface area contributed by atoms with Gasteiger partial charge in [0, 0.05) is 17.8 Å². The van der Waals surface area contributed by atoms with Gasteiger partial charge < -0.3 is 4.74 Å². The second-order valence-electron chi connectivity index (χ2n) is 3.19. The molecule has 86 valence electrons. The van der Waals surface area contributed by atoms with Crippen LogP contribution in [0, 0.1) is 0 Å². The fraction of sp³-hybridized carbons (Fsp3) is 0.714. The summed E-state index contributed by atoms with van der Waals surface area (Å²) in [6.45, 7) is 3.67. The molecule has 0 fully saturated rings. The van der Waals surface area contributed by atoms with Crippen molar-refractivity contribution < 1.29 is 13.2 Å². The first kappa shape index (κ1) is 12.4. The van der Waals surface area contributed by atoms with Gasteiger partial charge in [-0.15, -0.1) is 5.10 Å². The van der Waals surface area contributed by atoms with E-state index in [0.29, 0.717) is 12.2 Å². The van der Waals surface area contributed by atoms with Crippen LogP contribution in [0.25, 0.3) is 0 Å². The fourth-order valence-electron chi connectivity index (χ4n) is 1.00. The van der Waals surface area contributed by atoms with Gasteiger partial charge in [-0.05, 0) is 13.3 Å². The molecular weight excluding hydrogens is 242 g/mol. The summed E-state index contributed by atoms with van der Waals surface area (Å²) in [4.78, 5) is 3.78. The Morgan fingerprint density at radius 3 is 2.53 bits per heavy atom. The molecular formula is C7H12ClN3O3S. The minimum Gasteiger partial charge on any atom is -0.371 e. The molecule has 6 nitrogen and oxygen atoms in total. The Labute approximate surface area is 92.4 Å². The molecule has 1 aromatic heterocycles. The zero-order valence-electron chi connectivity index (χ0n) is 8.61. The highest BCUT2D eigenvalue weighted by Crippen LogP contribution is 2.25. The normalized spacial score (nSPS) is 16.3. The number of nitrogens with zero attached hydrogens (tertiary/aromatic N) is 2. The predicted molar refractivity (Wildman–Crippen MR) is 54.1 cm³/mol. The van der Waals surface area contributed by atoms with Gasteiger partial charge in [0.1, 0.15) is 5.60 Å². The molecule has 0 saturated heterocycles. The minimum atomic E-state index is -3.90. The van der Waals surface area contributed by atoms with E-state index in [2.05, 4.69) is 15.2 Å². The number of hydrogen-bond donors (Lipinski definition) is 1. The molecule has 1 atom stereocenters. The SMILES string of the molecule is CCC(C)(OC)c1nc(S(=O)(=O)Cl)n[nH]1. The standard InChI is InChI=1S/C7H12ClN3O3S/c1-4-7(2,14-3)5-9-6(11-10-5)15(8,12)13/h4H2,1-3H3,(H,9,10,11). The number of H-pyrrole nitrogens is 1. The van der Waals surface area contributed by atoms with E-state index in [4.69, 9.17) is 15.4 Å². The van der Waals surface area contributed by atoms with Gasteiger partial charge in [-0.2, -0.15) is 4.98 Å². The first-order valence-electron chi connectivity index (χ1n) is 4.26. The third-order valence-corrected chi connectivity index (χ3v) is 3.34. The van der Waals surface area contributed by atoms with Gasteiger partial charge in [0.25, 0.3) is 14.2 Å². The van der Waals surface area contributed by atoms with Gasteiger partial charge in [-0.1, -0.05) is 6.92 Å². The van der Waals surface area contributed by atoms with Gasteiger partial charge in [-0.3, -0.25) is 5.10 Å². The van der Waals surface area contributed by atoms with Gasteiger partial charge in [-0.25, -0.2) is 8.42 Å². The van der Waals surface area contributed by atoms with Crippen LogP contribution in [0.5, 0.6) is 0 Å². The molecule has 0 amide bonds. The second kappa shape index (κ2) is 4.07. The van der Waals surface area contributed by atoms with Crippen LogP contribution in [-0.4, -0.2) is 30.7 Å². The number of methoxy groups -OCH3 is 1. The number of halogens is 1. The van der Waals surface area contributed by atoms with E-state index in [0.717, 1.165) is 0 Å². The Balaban J connectivity index is 3.14. The Bertz CT molecular complexity index is 438. The largest absolute Gasteiger partial charge is 0.371 e. The Morgan fingerprint density at radius 1 is 1.60 bits per heavy atom. The van der Waals surface area contributed by atoms with E-state index in [1.165, 1.54) is 7.11 Å². The maximum absolute atomic E-state index is 10.9. The maximum Gasteiger partial charge on any atom is 0.298 e. The summed E-state index contributed by atoms with van der Waals surface area (Å²) >= 11 is 0. The summed E-state index contributed by atoms with van der Waals surface area (Å²) in [5.41, 5.74) is -0.688. The van der Waals surface area contributed by atoms with Gasteiger partial charge in [0.15, 0.2) is 5.82 Å². The van der Waals surface area contributed by atoms with Crippen molar-refractivity contribution in [3.63, 3.8) is 0 Å². The number of nitrogens with one attached hydrogen (secondary N) is 1. The lowest BCUT2D eigenvalue weighted by atomic mass is 10.0. The van der Waals surface area contributed by atoms with Crippen LogP contribution in [0.2, 0.25) is 0 Å². The van der Waals surface area contributed by atoms with E-state index in [1.807, 2.05) is 6.92 Å². The number of aromatic amines is 1. The molecule has 1 heterocycles. The molecule has 0 saturated carbocycles. The Morgan fingerprint density at radius 2 is 2.20 bits per heavy atom. The maximum atomic E-state index is 10.9. The fourth-order valence-corrected chi connectivity index (χ4v) is 1.56. The zero-order chi connectivity index (χ0) is 11.7. The quantitative estimate of drug-likeness (QED) is 0.810. The van der Waals surface area contributed by atoms with Crippen molar-refractivity contribution in [1.82, 2.24) is 15.2 Å². The number of hydrogen-bond acceptors (Lipinski definition) is 5. The third-order valence-electron chi connectivity index (χ3n) is 2.31. The van der Waals surface area contributed by atoms with Crippen LogP contribution in [0.3, 0.4) is 0 Å². The van der Waals surface area contributed by atoms with Crippen LogP contribution in [-0.2, 0) is 19.4 Å². The summed E-state index contributed by atoms with van der Waals surface area (Å²) in [6, 6.07) is 0. The minimum absolute atomic E-state index is 0.340. The highest BCUT2D eigenvalue weighted by atomic mass is 35.7. The van der Waals surface area contributed by atoms with Gasteiger partial charge >= 0.3 is 0 Å². The topological polar surface area (TPSA) is 84.9 Å². The lowest BCUT2D eigenvalue weighted by Crippen LogP contribution is -2.24. The number of aromatic nitrogens is 3. The van der Waals surface area contributed by atoms with Crippen LogP contribution in [0.4, 0.5) is 0 Å². The van der Waals surface area contributed by atoms with Crippen molar-refractivity contribution in [3.8, 4) is 0 Å². The first-order valence-corrected chi connectivity index (χ1v) is 6.57. The van der Waals surface area contributed by atoms with E-state index in [-0.39, 0.29) is 0 Å². The molecule has 15 heavy (non-hydrogen) atoms. The van der Waals surface area contributed by atoms with Crippen molar-refractivity contribution >= 4 is 19.7 Å². The molecule has 1 aromatic rings. The molecule has 1 rings (SSSR count). The Kier molecular flexibility index (Phi) is 3.37. The van der Waals surface area contributed by atoms with Crippen molar-refractivity contribution in [2.24, 2.45) is 0 Å². The molecule has 1 unspecified atom stereocenters. The predicted octanol–water partition coefficient (Wildman–Crippen LogP) is 1.00. The summed E-state index contributed by atoms with van der Waals surface area (Å²) in [5, 5.41) is 5.58. The van der Waals surface area contributed by atoms with Gasteiger partial charge in [0.2, 0.25) is 0 Å². The Hall–Kier alpha value is -0.660.